The third-order valence-electron chi connectivity index (χ3n) is 2.32. The lowest BCUT2D eigenvalue weighted by Crippen LogP contribution is -2.18. The molecule has 6 heteroatoms. The Labute approximate surface area is 104 Å². The van der Waals surface area contributed by atoms with Gasteiger partial charge in [0.1, 0.15) is 4.88 Å². The average Bonchev–Trinajstić information content (AvgIpc) is 2.59. The van der Waals surface area contributed by atoms with E-state index in [1.807, 2.05) is 6.92 Å². The summed E-state index contributed by atoms with van der Waals surface area (Å²) >= 11 is 1.28. The van der Waals surface area contributed by atoms with Crippen molar-refractivity contribution >= 4 is 23.2 Å². The number of thiophene rings is 1. The molecule has 1 rings (SSSR count). The second-order valence-electron chi connectivity index (χ2n) is 3.74. The standard InChI is InChI=1S/C11H16N2O3S/c1-7-8(5-9(17-7)11(15)16)6-13-4-2-3-10(12)14/h5,13H,2-4,6H2,1H3,(H2,12,14)(H,15,16). The van der Waals surface area contributed by atoms with Crippen molar-refractivity contribution < 1.29 is 14.7 Å². The number of amides is 1. The predicted octanol–water partition coefficient (Wildman–Crippen LogP) is 1.11. The molecule has 17 heavy (non-hydrogen) atoms. The first kappa shape index (κ1) is 13.7. The zero-order chi connectivity index (χ0) is 12.8. The van der Waals surface area contributed by atoms with E-state index in [1.54, 1.807) is 6.07 Å². The van der Waals surface area contributed by atoms with Crippen LogP contribution in [0.4, 0.5) is 0 Å². The lowest BCUT2D eigenvalue weighted by atomic mass is 10.2. The summed E-state index contributed by atoms with van der Waals surface area (Å²) in [5.74, 6) is -1.19. The number of carbonyl (C=O) groups is 2. The van der Waals surface area contributed by atoms with Gasteiger partial charge in [-0.25, -0.2) is 4.79 Å². The van der Waals surface area contributed by atoms with Crippen LogP contribution in [0.3, 0.4) is 0 Å². The summed E-state index contributed by atoms with van der Waals surface area (Å²) in [6, 6.07) is 1.68. The SMILES string of the molecule is Cc1sc(C(=O)O)cc1CNCCCC(N)=O. The van der Waals surface area contributed by atoms with E-state index in [9.17, 15) is 9.59 Å². The molecule has 0 bridgehead atoms. The molecule has 0 aromatic carbocycles. The van der Waals surface area contributed by atoms with Crippen LogP contribution in [0.2, 0.25) is 0 Å². The van der Waals surface area contributed by atoms with Gasteiger partial charge in [-0.15, -0.1) is 11.3 Å². The number of hydrogen-bond acceptors (Lipinski definition) is 4. The highest BCUT2D eigenvalue weighted by Crippen LogP contribution is 2.21. The van der Waals surface area contributed by atoms with Crippen LogP contribution >= 0.6 is 11.3 Å². The van der Waals surface area contributed by atoms with Gasteiger partial charge in [-0.1, -0.05) is 0 Å². The van der Waals surface area contributed by atoms with Crippen molar-refractivity contribution in [2.45, 2.75) is 26.3 Å². The second-order valence-corrected chi connectivity index (χ2v) is 5.00. The van der Waals surface area contributed by atoms with Crippen molar-refractivity contribution in [2.24, 2.45) is 5.73 Å². The van der Waals surface area contributed by atoms with Crippen molar-refractivity contribution in [2.75, 3.05) is 6.54 Å². The Kier molecular flexibility index (Phi) is 5.11. The van der Waals surface area contributed by atoms with E-state index < -0.39 is 5.97 Å². The van der Waals surface area contributed by atoms with E-state index in [0.29, 0.717) is 30.8 Å². The van der Waals surface area contributed by atoms with Crippen LogP contribution in [-0.4, -0.2) is 23.5 Å². The van der Waals surface area contributed by atoms with Crippen molar-refractivity contribution in [3.63, 3.8) is 0 Å². The minimum absolute atomic E-state index is 0.299. The third kappa shape index (κ3) is 4.54. The molecule has 0 atom stereocenters. The predicted molar refractivity (Wildman–Crippen MR) is 66.2 cm³/mol. The number of hydrogen-bond donors (Lipinski definition) is 3. The summed E-state index contributed by atoms with van der Waals surface area (Å²) in [6.07, 6.45) is 1.07. The topological polar surface area (TPSA) is 92.4 Å². The summed E-state index contributed by atoms with van der Waals surface area (Å²) < 4.78 is 0. The fraction of sp³-hybridized carbons (Fsp3) is 0.455. The molecule has 0 aliphatic heterocycles. The minimum atomic E-state index is -0.891. The molecule has 0 aliphatic carbocycles. The summed E-state index contributed by atoms with van der Waals surface area (Å²) in [5, 5.41) is 12.0. The molecular weight excluding hydrogens is 240 g/mol. The monoisotopic (exact) mass is 256 g/mol. The summed E-state index contributed by atoms with van der Waals surface area (Å²) in [7, 11) is 0. The Morgan fingerprint density at radius 1 is 1.53 bits per heavy atom. The van der Waals surface area contributed by atoms with E-state index in [-0.39, 0.29) is 5.91 Å². The van der Waals surface area contributed by atoms with Crippen LogP contribution in [0.1, 0.15) is 33.0 Å². The van der Waals surface area contributed by atoms with Gasteiger partial charge in [-0.2, -0.15) is 0 Å². The van der Waals surface area contributed by atoms with Gasteiger partial charge in [-0.05, 0) is 31.5 Å². The molecule has 0 aliphatic rings. The van der Waals surface area contributed by atoms with Crippen LogP contribution in [0, 0.1) is 6.92 Å². The largest absolute Gasteiger partial charge is 0.477 e. The number of primary amides is 1. The molecule has 0 radical (unpaired) electrons. The highest BCUT2D eigenvalue weighted by Gasteiger charge is 2.10. The first-order valence-corrected chi connectivity index (χ1v) is 6.14. The van der Waals surface area contributed by atoms with Gasteiger partial charge in [-0.3, -0.25) is 4.79 Å². The molecule has 0 fully saturated rings. The van der Waals surface area contributed by atoms with Gasteiger partial charge in [0.05, 0.1) is 0 Å². The Balaban J connectivity index is 2.36. The molecular formula is C11H16N2O3S. The van der Waals surface area contributed by atoms with E-state index in [2.05, 4.69) is 5.32 Å². The number of carbonyl (C=O) groups excluding carboxylic acids is 1. The second kappa shape index (κ2) is 6.36. The Hall–Kier alpha value is -1.40. The number of aryl methyl sites for hydroxylation is 1. The smallest absolute Gasteiger partial charge is 0.345 e. The van der Waals surface area contributed by atoms with Crippen LogP contribution in [0.15, 0.2) is 6.07 Å². The summed E-state index contributed by atoms with van der Waals surface area (Å²) in [4.78, 5) is 22.6. The van der Waals surface area contributed by atoms with Gasteiger partial charge >= 0.3 is 5.97 Å². The van der Waals surface area contributed by atoms with E-state index in [4.69, 9.17) is 10.8 Å². The average molecular weight is 256 g/mol. The maximum atomic E-state index is 10.8. The fourth-order valence-electron chi connectivity index (χ4n) is 1.41. The molecule has 5 nitrogen and oxygen atoms in total. The Morgan fingerprint density at radius 3 is 2.76 bits per heavy atom. The minimum Gasteiger partial charge on any atom is -0.477 e. The third-order valence-corrected chi connectivity index (χ3v) is 3.40. The maximum absolute atomic E-state index is 10.8. The zero-order valence-corrected chi connectivity index (χ0v) is 10.5. The lowest BCUT2D eigenvalue weighted by molar-refractivity contribution is -0.118. The Bertz CT molecular complexity index is 415. The highest BCUT2D eigenvalue weighted by molar-refractivity contribution is 7.14. The molecule has 1 aromatic heterocycles. The molecule has 4 N–H and O–H groups in total. The molecule has 1 amide bonds. The molecule has 94 valence electrons. The van der Waals surface area contributed by atoms with Crippen molar-refractivity contribution in [3.8, 4) is 0 Å². The molecule has 1 heterocycles. The molecule has 0 spiro atoms. The van der Waals surface area contributed by atoms with Crippen molar-refractivity contribution in [1.82, 2.24) is 5.32 Å². The molecule has 0 unspecified atom stereocenters. The van der Waals surface area contributed by atoms with Gasteiger partial charge in [0.15, 0.2) is 0 Å². The fourth-order valence-corrected chi connectivity index (χ4v) is 2.29. The normalized spacial score (nSPS) is 10.4. The van der Waals surface area contributed by atoms with E-state index in [0.717, 1.165) is 10.4 Å². The van der Waals surface area contributed by atoms with E-state index >= 15 is 0 Å². The first-order chi connectivity index (χ1) is 8.00. The number of carboxylic acids is 1. The number of carboxylic acid groups (broad SMARTS) is 1. The Morgan fingerprint density at radius 2 is 2.24 bits per heavy atom. The number of aromatic carboxylic acids is 1. The first-order valence-electron chi connectivity index (χ1n) is 5.32. The van der Waals surface area contributed by atoms with Crippen LogP contribution in [-0.2, 0) is 11.3 Å². The van der Waals surface area contributed by atoms with Crippen molar-refractivity contribution in [1.29, 1.82) is 0 Å². The number of nitrogens with one attached hydrogen (secondary N) is 1. The lowest BCUT2D eigenvalue weighted by Gasteiger charge is -2.02. The molecule has 0 saturated heterocycles. The van der Waals surface area contributed by atoms with Gasteiger partial charge < -0.3 is 16.2 Å². The maximum Gasteiger partial charge on any atom is 0.345 e. The van der Waals surface area contributed by atoms with E-state index in [1.165, 1.54) is 11.3 Å². The summed E-state index contributed by atoms with van der Waals surface area (Å²) in [5.41, 5.74) is 6.01. The van der Waals surface area contributed by atoms with Gasteiger partial charge in [0.25, 0.3) is 0 Å². The number of nitrogens with two attached hydrogens (primary N) is 1. The van der Waals surface area contributed by atoms with Crippen LogP contribution in [0.5, 0.6) is 0 Å². The zero-order valence-electron chi connectivity index (χ0n) is 9.66. The van der Waals surface area contributed by atoms with Gasteiger partial charge in [0, 0.05) is 17.8 Å². The molecule has 0 saturated carbocycles. The van der Waals surface area contributed by atoms with Gasteiger partial charge in [0.2, 0.25) is 5.91 Å². The van der Waals surface area contributed by atoms with Crippen LogP contribution < -0.4 is 11.1 Å². The van der Waals surface area contributed by atoms with Crippen LogP contribution in [0.25, 0.3) is 0 Å². The van der Waals surface area contributed by atoms with Crippen molar-refractivity contribution in [3.05, 3.63) is 21.4 Å². The highest BCUT2D eigenvalue weighted by atomic mass is 32.1. The molecule has 1 aromatic rings. The number of rotatable bonds is 7. The summed E-state index contributed by atoms with van der Waals surface area (Å²) in [6.45, 7) is 3.21. The quantitative estimate of drug-likeness (QED) is 0.637.